The van der Waals surface area contributed by atoms with Crippen LogP contribution in [0.25, 0.3) is 11.0 Å². The number of rotatable bonds is 6. The number of hydrogen-bond donors (Lipinski definition) is 2. The summed E-state index contributed by atoms with van der Waals surface area (Å²) in [4.78, 5) is 23.1. The van der Waals surface area contributed by atoms with Gasteiger partial charge in [0, 0.05) is 61.3 Å². The lowest BCUT2D eigenvalue weighted by Crippen LogP contribution is -2.47. The molecule has 4 rings (SSSR count). The Morgan fingerprint density at radius 3 is 2.72 bits per heavy atom. The monoisotopic (exact) mass is 576 g/mol. The first-order valence-electron chi connectivity index (χ1n) is 9.92. The summed E-state index contributed by atoms with van der Waals surface area (Å²) in [6.45, 7) is 1.19. The number of aromatic nitrogens is 3. The van der Waals surface area contributed by atoms with Gasteiger partial charge in [-0.2, -0.15) is 13.2 Å². The molecule has 0 spiro atoms. The van der Waals surface area contributed by atoms with E-state index >= 15 is 0 Å². The highest BCUT2D eigenvalue weighted by molar-refractivity contribution is 14.2. The van der Waals surface area contributed by atoms with E-state index in [2.05, 4.69) is 41.8 Å². The van der Waals surface area contributed by atoms with Crippen LogP contribution in [0.4, 0.5) is 24.7 Å². The third-order valence-corrected chi connectivity index (χ3v) is 7.01. The zero-order valence-electron chi connectivity index (χ0n) is 16.8. The minimum absolute atomic E-state index is 0.0194. The Kier molecular flexibility index (Phi) is 6.98. The lowest BCUT2D eigenvalue weighted by molar-refractivity contribution is -0.137. The Hall–Kier alpha value is -2.22. The Bertz CT molecular complexity index is 1090. The number of fused-ring (bicyclic) bond motifs is 1. The number of benzene rings is 1. The molecule has 2 N–H and O–H groups in total. The quantitative estimate of drug-likeness (QED) is 0.411. The second kappa shape index (κ2) is 9.73. The van der Waals surface area contributed by atoms with Crippen LogP contribution in [0.15, 0.2) is 42.9 Å². The number of nitrogens with zero attached hydrogens (tertiary/aromatic N) is 4. The summed E-state index contributed by atoms with van der Waals surface area (Å²) < 4.78 is 40.0. The Labute approximate surface area is 198 Å². The number of hydrogen-bond acceptors (Lipinski definition) is 6. The fourth-order valence-electron chi connectivity index (χ4n) is 3.68. The largest absolute Gasteiger partial charge is 0.416 e. The summed E-state index contributed by atoms with van der Waals surface area (Å²) in [5.41, 5.74) is 0.580. The van der Waals surface area contributed by atoms with E-state index in [1.54, 1.807) is 4.90 Å². The first-order chi connectivity index (χ1) is 15.3. The fourth-order valence-corrected chi connectivity index (χ4v) is 4.95. The number of piperidine rings is 1. The van der Waals surface area contributed by atoms with Crippen LogP contribution in [0.2, 0.25) is 0 Å². The highest BCUT2D eigenvalue weighted by Crippen LogP contribution is 2.30. The molecule has 3 heterocycles. The van der Waals surface area contributed by atoms with E-state index in [1.807, 2.05) is 16.2 Å². The number of halogens is 4. The maximum Gasteiger partial charge on any atom is 0.416 e. The van der Waals surface area contributed by atoms with E-state index in [0.29, 0.717) is 18.8 Å². The van der Waals surface area contributed by atoms with Crippen molar-refractivity contribution in [2.24, 2.45) is 0 Å². The van der Waals surface area contributed by atoms with Crippen molar-refractivity contribution >= 4 is 58.8 Å². The van der Waals surface area contributed by atoms with Crippen molar-refractivity contribution in [1.29, 1.82) is 0 Å². The van der Waals surface area contributed by atoms with E-state index in [9.17, 15) is 18.0 Å². The van der Waals surface area contributed by atoms with Crippen LogP contribution in [0.1, 0.15) is 18.4 Å². The number of nitrogens with one attached hydrogen (secondary N) is 2. The standard InChI is InChI=1S/C20H20F3IN6OS/c21-20(22,23)13-3-5-14(6-4-13)25-10-17(31)29-8-1-2-15(11-29)28-18-16-7-9-30(32-24)19(16)27-12-26-18/h3-7,9,12,15,25H,1-2,8,10-11H2,(H,26,27,28). The summed E-state index contributed by atoms with van der Waals surface area (Å²) >= 11 is 2.19. The van der Waals surface area contributed by atoms with Gasteiger partial charge in [-0.15, -0.1) is 0 Å². The van der Waals surface area contributed by atoms with Crippen LogP contribution < -0.4 is 10.6 Å². The molecule has 1 fully saturated rings. The molecule has 1 amide bonds. The van der Waals surface area contributed by atoms with Gasteiger partial charge in [0.25, 0.3) is 0 Å². The minimum atomic E-state index is -4.38. The second-order valence-corrected chi connectivity index (χ2v) is 9.14. The SMILES string of the molecule is O=C(CNc1ccc(C(F)(F)F)cc1)N1CCCC(Nc2ncnc3c2ccn3SI)C1. The van der Waals surface area contributed by atoms with Crippen molar-refractivity contribution in [2.45, 2.75) is 25.1 Å². The van der Waals surface area contributed by atoms with Gasteiger partial charge in [0.2, 0.25) is 5.91 Å². The smallest absolute Gasteiger partial charge is 0.376 e. The number of carbonyl (C=O) groups is 1. The molecule has 7 nitrogen and oxygen atoms in total. The lowest BCUT2D eigenvalue weighted by atomic mass is 10.1. The number of carbonyl (C=O) groups excluding carboxylic acids is 1. The second-order valence-electron chi connectivity index (χ2n) is 7.42. The van der Waals surface area contributed by atoms with Crippen LogP contribution in [-0.2, 0) is 11.0 Å². The van der Waals surface area contributed by atoms with Gasteiger partial charge in [0.1, 0.15) is 12.1 Å². The van der Waals surface area contributed by atoms with Gasteiger partial charge >= 0.3 is 6.18 Å². The van der Waals surface area contributed by atoms with Crippen LogP contribution in [0.3, 0.4) is 0 Å². The molecule has 0 bridgehead atoms. The third-order valence-electron chi connectivity index (χ3n) is 5.29. The minimum Gasteiger partial charge on any atom is -0.376 e. The number of amides is 1. The molecular weight excluding hydrogens is 556 g/mol. The van der Waals surface area contributed by atoms with Crippen molar-refractivity contribution in [3.8, 4) is 0 Å². The summed E-state index contributed by atoms with van der Waals surface area (Å²) in [5, 5.41) is 7.28. The first-order valence-corrected chi connectivity index (χ1v) is 13.2. The van der Waals surface area contributed by atoms with Crippen molar-refractivity contribution < 1.29 is 18.0 Å². The molecule has 12 heteroatoms. The molecule has 1 unspecified atom stereocenters. The Balaban J connectivity index is 1.35. The van der Waals surface area contributed by atoms with E-state index in [1.165, 1.54) is 27.6 Å². The van der Waals surface area contributed by atoms with Crippen LogP contribution >= 0.6 is 30.3 Å². The average molecular weight is 576 g/mol. The Morgan fingerprint density at radius 1 is 1.22 bits per heavy atom. The topological polar surface area (TPSA) is 75.1 Å². The van der Waals surface area contributed by atoms with Gasteiger partial charge in [0.15, 0.2) is 5.65 Å². The van der Waals surface area contributed by atoms with Gasteiger partial charge in [-0.25, -0.2) is 9.97 Å². The van der Waals surface area contributed by atoms with E-state index < -0.39 is 11.7 Å². The van der Waals surface area contributed by atoms with E-state index in [0.717, 1.165) is 41.8 Å². The summed E-state index contributed by atoms with van der Waals surface area (Å²) in [6, 6.07) is 6.67. The average Bonchev–Trinajstić information content (AvgIpc) is 3.22. The van der Waals surface area contributed by atoms with Gasteiger partial charge in [-0.3, -0.25) is 8.77 Å². The maximum absolute atomic E-state index is 12.7. The molecule has 3 aromatic rings. The van der Waals surface area contributed by atoms with E-state index in [-0.39, 0.29) is 18.5 Å². The molecule has 0 aliphatic carbocycles. The van der Waals surface area contributed by atoms with E-state index in [4.69, 9.17) is 0 Å². The molecule has 0 radical (unpaired) electrons. The highest BCUT2D eigenvalue weighted by Gasteiger charge is 2.30. The molecule has 0 saturated carbocycles. The summed E-state index contributed by atoms with van der Waals surface area (Å²) in [5.74, 6) is 0.637. The first kappa shape index (κ1) is 23.0. The molecule has 170 valence electrons. The predicted octanol–water partition coefficient (Wildman–Crippen LogP) is 4.81. The van der Waals surface area contributed by atoms with Crippen LogP contribution in [0, 0.1) is 0 Å². The fraction of sp³-hybridized carbons (Fsp3) is 0.350. The predicted molar refractivity (Wildman–Crippen MR) is 128 cm³/mol. The molecule has 1 aromatic carbocycles. The summed E-state index contributed by atoms with van der Waals surface area (Å²) in [7, 11) is 1.52. The summed E-state index contributed by atoms with van der Waals surface area (Å²) in [6.07, 6.45) is 0.835. The van der Waals surface area contributed by atoms with Crippen LogP contribution in [-0.4, -0.2) is 50.4 Å². The molecule has 2 aromatic heterocycles. The van der Waals surface area contributed by atoms with Crippen molar-refractivity contribution in [3.05, 3.63) is 48.4 Å². The zero-order valence-corrected chi connectivity index (χ0v) is 19.7. The molecule has 1 aliphatic heterocycles. The number of alkyl halides is 3. The normalized spacial score (nSPS) is 16.9. The van der Waals surface area contributed by atoms with Crippen molar-refractivity contribution in [3.63, 3.8) is 0 Å². The number of likely N-dealkylation sites (tertiary alicyclic amines) is 1. The molecular formula is C20H20F3IN6OS. The Morgan fingerprint density at radius 2 is 2.00 bits per heavy atom. The molecule has 1 atom stereocenters. The van der Waals surface area contributed by atoms with Gasteiger partial charge < -0.3 is 15.5 Å². The lowest BCUT2D eigenvalue weighted by Gasteiger charge is -2.33. The van der Waals surface area contributed by atoms with Gasteiger partial charge in [0.05, 0.1) is 17.5 Å². The third kappa shape index (κ3) is 5.22. The molecule has 1 saturated heterocycles. The maximum atomic E-state index is 12.7. The van der Waals surface area contributed by atoms with Crippen LogP contribution in [0.5, 0.6) is 0 Å². The van der Waals surface area contributed by atoms with Crippen molar-refractivity contribution in [2.75, 3.05) is 30.3 Å². The zero-order chi connectivity index (χ0) is 22.7. The number of anilines is 2. The van der Waals surface area contributed by atoms with Crippen molar-refractivity contribution in [1.82, 2.24) is 18.8 Å². The molecule has 1 aliphatic rings. The molecule has 32 heavy (non-hydrogen) atoms. The van der Waals surface area contributed by atoms with Gasteiger partial charge in [-0.05, 0) is 43.2 Å². The highest BCUT2D eigenvalue weighted by atomic mass is 127. The van der Waals surface area contributed by atoms with Gasteiger partial charge in [-0.1, -0.05) is 0 Å².